The smallest absolute Gasteiger partial charge is 0.246 e. The van der Waals surface area contributed by atoms with Crippen LogP contribution < -0.4 is 15.4 Å². The van der Waals surface area contributed by atoms with Crippen LogP contribution in [0.3, 0.4) is 0 Å². The minimum Gasteiger partial charge on any atom is -0.497 e. The molecule has 8 nitrogen and oxygen atoms in total. The van der Waals surface area contributed by atoms with Crippen molar-refractivity contribution < 1.29 is 23.9 Å². The molecule has 4 fully saturated rings. The van der Waals surface area contributed by atoms with E-state index >= 15 is 0 Å². The highest BCUT2D eigenvalue weighted by molar-refractivity contribution is 6.03. The number of likely N-dealkylation sites (tertiary alicyclic amines) is 1. The molecule has 0 aromatic heterocycles. The average molecular weight is 466 g/mol. The maximum atomic E-state index is 13.8. The highest BCUT2D eigenvalue weighted by Crippen LogP contribution is 2.57. The van der Waals surface area contributed by atoms with Gasteiger partial charge in [-0.3, -0.25) is 14.4 Å². The van der Waals surface area contributed by atoms with Crippen LogP contribution in [0.4, 0.5) is 5.69 Å². The van der Waals surface area contributed by atoms with Crippen LogP contribution in [0.25, 0.3) is 0 Å². The quantitative estimate of drug-likeness (QED) is 0.629. The molecule has 2 bridgehead atoms. The molecule has 5 unspecified atom stereocenters. The number of nitrogens with zero attached hydrogens (tertiary/aromatic N) is 1. The summed E-state index contributed by atoms with van der Waals surface area (Å²) in [6.07, 6.45) is 10.3. The minimum absolute atomic E-state index is 0.0488. The van der Waals surface area contributed by atoms with Crippen molar-refractivity contribution in [3.05, 3.63) is 36.4 Å². The molecule has 3 heterocycles. The lowest BCUT2D eigenvalue weighted by Gasteiger charge is -2.34. The fourth-order valence-electron chi connectivity index (χ4n) is 6.41. The number of carbonyl (C=O) groups is 3. The standard InChI is InChI=1S/C26H31N3O5/c1-33-18-9-5-8-16(14-18)28-23(30)20-19-12-13-26(34-19)21(20)25(32)29(17-10-11-17)22(26)24(31)27-15-6-3-2-4-7-15/h5,8-9,12-15,17,19-22H,2-4,6-7,10-11H2,1H3,(H,27,31)(H,28,30). The number of ether oxygens (including phenoxy) is 2. The van der Waals surface area contributed by atoms with E-state index < -0.39 is 29.6 Å². The van der Waals surface area contributed by atoms with Crippen molar-refractivity contribution in [3.63, 3.8) is 0 Å². The predicted molar refractivity (Wildman–Crippen MR) is 124 cm³/mol. The Hall–Kier alpha value is -2.87. The van der Waals surface area contributed by atoms with E-state index in [1.807, 2.05) is 12.2 Å². The van der Waals surface area contributed by atoms with Crippen molar-refractivity contribution in [2.45, 2.75) is 74.8 Å². The van der Waals surface area contributed by atoms with Crippen LogP contribution in [0.5, 0.6) is 5.75 Å². The normalized spacial score (nSPS) is 34.3. The highest BCUT2D eigenvalue weighted by atomic mass is 16.5. The van der Waals surface area contributed by atoms with Crippen molar-refractivity contribution >= 4 is 23.4 Å². The van der Waals surface area contributed by atoms with E-state index in [-0.39, 0.29) is 29.8 Å². The second-order valence-electron chi connectivity index (χ2n) is 10.2. The van der Waals surface area contributed by atoms with Crippen LogP contribution >= 0.6 is 0 Å². The molecule has 5 aliphatic rings. The summed E-state index contributed by atoms with van der Waals surface area (Å²) in [5.41, 5.74) is -0.485. The second-order valence-corrected chi connectivity index (χ2v) is 10.2. The molecular weight excluding hydrogens is 434 g/mol. The molecule has 34 heavy (non-hydrogen) atoms. The molecule has 8 heteroatoms. The Morgan fingerprint density at radius 3 is 2.65 bits per heavy atom. The summed E-state index contributed by atoms with van der Waals surface area (Å²) in [6, 6.07) is 6.59. The SMILES string of the molecule is COc1cccc(NC(=O)C2C3C=CC4(O3)C2C(=O)N(C2CC2)C4C(=O)NC2CCCCC2)c1. The zero-order chi connectivity index (χ0) is 23.4. The third-order valence-corrected chi connectivity index (χ3v) is 8.09. The number of anilines is 1. The summed E-state index contributed by atoms with van der Waals surface area (Å²) >= 11 is 0. The van der Waals surface area contributed by atoms with Gasteiger partial charge in [0, 0.05) is 23.8 Å². The average Bonchev–Trinajstić information content (AvgIpc) is 3.44. The first-order valence-electron chi connectivity index (χ1n) is 12.5. The molecule has 0 radical (unpaired) electrons. The monoisotopic (exact) mass is 465 g/mol. The molecule has 1 aromatic carbocycles. The molecule has 2 saturated heterocycles. The molecule has 2 N–H and O–H groups in total. The molecule has 1 spiro atoms. The first-order valence-corrected chi connectivity index (χ1v) is 12.5. The lowest BCUT2D eigenvalue weighted by molar-refractivity contribution is -0.142. The largest absolute Gasteiger partial charge is 0.497 e. The number of rotatable bonds is 6. The van der Waals surface area contributed by atoms with E-state index in [4.69, 9.17) is 9.47 Å². The summed E-state index contributed by atoms with van der Waals surface area (Å²) in [6.45, 7) is 0. The van der Waals surface area contributed by atoms with Crippen LogP contribution in [0.15, 0.2) is 36.4 Å². The van der Waals surface area contributed by atoms with Crippen LogP contribution in [0.2, 0.25) is 0 Å². The third-order valence-electron chi connectivity index (χ3n) is 8.09. The maximum absolute atomic E-state index is 13.8. The summed E-state index contributed by atoms with van der Waals surface area (Å²) in [5, 5.41) is 6.16. The Labute approximate surface area is 199 Å². The maximum Gasteiger partial charge on any atom is 0.246 e. The summed E-state index contributed by atoms with van der Waals surface area (Å²) in [5.74, 6) is -1.30. The van der Waals surface area contributed by atoms with Gasteiger partial charge in [-0.25, -0.2) is 0 Å². The van der Waals surface area contributed by atoms with Crippen molar-refractivity contribution in [2.24, 2.45) is 11.8 Å². The fourth-order valence-corrected chi connectivity index (χ4v) is 6.41. The molecular formula is C26H31N3O5. The van der Waals surface area contributed by atoms with Gasteiger partial charge in [-0.05, 0) is 37.8 Å². The third kappa shape index (κ3) is 3.34. The van der Waals surface area contributed by atoms with Crippen molar-refractivity contribution in [1.82, 2.24) is 10.2 Å². The Morgan fingerprint density at radius 2 is 1.91 bits per heavy atom. The second kappa shape index (κ2) is 8.12. The first kappa shape index (κ1) is 21.6. The van der Waals surface area contributed by atoms with Gasteiger partial charge < -0.3 is 25.0 Å². The Morgan fingerprint density at radius 1 is 1.12 bits per heavy atom. The van der Waals surface area contributed by atoms with E-state index in [2.05, 4.69) is 10.6 Å². The van der Waals surface area contributed by atoms with Gasteiger partial charge in [0.05, 0.1) is 25.0 Å². The molecule has 5 atom stereocenters. The van der Waals surface area contributed by atoms with Gasteiger partial charge in [0.1, 0.15) is 17.4 Å². The van der Waals surface area contributed by atoms with Gasteiger partial charge in [-0.15, -0.1) is 0 Å². The van der Waals surface area contributed by atoms with Crippen LogP contribution in [0.1, 0.15) is 44.9 Å². The van der Waals surface area contributed by atoms with Gasteiger partial charge >= 0.3 is 0 Å². The summed E-state index contributed by atoms with van der Waals surface area (Å²) < 4.78 is 11.6. The number of benzene rings is 1. The molecule has 3 amide bonds. The number of methoxy groups -OCH3 is 1. The van der Waals surface area contributed by atoms with E-state index in [0.717, 1.165) is 38.5 Å². The fraction of sp³-hybridized carbons (Fsp3) is 0.577. The Balaban J connectivity index is 1.28. The van der Waals surface area contributed by atoms with Gasteiger partial charge in [-0.2, -0.15) is 0 Å². The van der Waals surface area contributed by atoms with Gasteiger partial charge in [0.2, 0.25) is 17.7 Å². The zero-order valence-electron chi connectivity index (χ0n) is 19.4. The number of hydrogen-bond acceptors (Lipinski definition) is 5. The highest BCUT2D eigenvalue weighted by Gasteiger charge is 2.74. The minimum atomic E-state index is -1.08. The molecule has 6 rings (SSSR count). The molecule has 1 aromatic rings. The predicted octanol–water partition coefficient (Wildman–Crippen LogP) is 2.40. The number of fused-ring (bicyclic) bond motifs is 1. The van der Waals surface area contributed by atoms with Crippen molar-refractivity contribution in [2.75, 3.05) is 12.4 Å². The van der Waals surface area contributed by atoms with Gasteiger partial charge in [0.25, 0.3) is 0 Å². The van der Waals surface area contributed by atoms with E-state index in [1.54, 1.807) is 36.3 Å². The molecule has 3 aliphatic heterocycles. The molecule has 2 aliphatic carbocycles. The lowest BCUT2D eigenvalue weighted by Crippen LogP contribution is -2.57. The molecule has 180 valence electrons. The topological polar surface area (TPSA) is 97.0 Å². The Kier molecular flexibility index (Phi) is 5.17. The zero-order valence-corrected chi connectivity index (χ0v) is 19.4. The van der Waals surface area contributed by atoms with Crippen molar-refractivity contribution in [3.8, 4) is 5.75 Å². The van der Waals surface area contributed by atoms with E-state index in [1.165, 1.54) is 6.42 Å². The summed E-state index contributed by atoms with van der Waals surface area (Å²) in [7, 11) is 1.57. The Bertz CT molecular complexity index is 1050. The number of hydrogen-bond donors (Lipinski definition) is 2. The number of nitrogens with one attached hydrogen (secondary N) is 2. The van der Waals surface area contributed by atoms with Gasteiger partial charge in [0.15, 0.2) is 0 Å². The lowest BCUT2D eigenvalue weighted by atomic mass is 9.74. The first-order chi connectivity index (χ1) is 16.5. The van der Waals surface area contributed by atoms with Crippen LogP contribution in [0, 0.1) is 11.8 Å². The van der Waals surface area contributed by atoms with Gasteiger partial charge in [-0.1, -0.05) is 37.5 Å². The van der Waals surface area contributed by atoms with E-state index in [9.17, 15) is 14.4 Å². The molecule has 2 saturated carbocycles. The van der Waals surface area contributed by atoms with Crippen molar-refractivity contribution in [1.29, 1.82) is 0 Å². The summed E-state index contributed by atoms with van der Waals surface area (Å²) in [4.78, 5) is 42.6. The van der Waals surface area contributed by atoms with E-state index in [0.29, 0.717) is 11.4 Å². The van der Waals surface area contributed by atoms with Crippen LogP contribution in [-0.2, 0) is 19.1 Å². The number of carbonyl (C=O) groups excluding carboxylic acids is 3. The number of amides is 3. The van der Waals surface area contributed by atoms with Crippen LogP contribution in [-0.4, -0.2) is 59.6 Å².